The van der Waals surface area contributed by atoms with Crippen molar-refractivity contribution in [1.82, 2.24) is 9.13 Å². The fourth-order valence-corrected chi connectivity index (χ4v) is 12.6. The first kappa shape index (κ1) is 73.9. The summed E-state index contributed by atoms with van der Waals surface area (Å²) < 4.78 is 446. The lowest BCUT2D eigenvalue weighted by Crippen LogP contribution is -2.15. The summed E-state index contributed by atoms with van der Waals surface area (Å²) in [5.41, 5.74) is -36.1. The summed E-state index contributed by atoms with van der Waals surface area (Å²) in [6, 6.07) is 10.6. The first-order chi connectivity index (χ1) is 48.3. The number of nitriles is 1. The van der Waals surface area contributed by atoms with Gasteiger partial charge in [0.15, 0.2) is 0 Å². The second kappa shape index (κ2) is 24.7. The number of rotatable bonds is 7. The van der Waals surface area contributed by atoms with Crippen molar-refractivity contribution in [1.29, 1.82) is 5.26 Å². The molecule has 105 heavy (non-hydrogen) atoms. The van der Waals surface area contributed by atoms with Crippen molar-refractivity contribution < 1.29 is 132 Å². The monoisotopic (exact) mass is 1510 g/mol. The Bertz CT molecular complexity index is 5190. The molecule has 0 N–H and O–H groups in total. The number of fused-ring (bicyclic) bond motifs is 6. The van der Waals surface area contributed by atoms with E-state index in [0.717, 1.165) is 65.2 Å². The van der Waals surface area contributed by atoms with Crippen LogP contribution in [0.25, 0.3) is 106 Å². The molecule has 11 aromatic rings. The number of aromatic nitrogens is 2. The standard InChI is InChI=1S/C72H31F30N3/c73-63(74,75)41-14-32(15-42(26-41)64(76,77)78)13-36-3-1-4-52-51-12-9-35(39-20-47(69(91,92)93)29-48(21-39)70(94,95)96)24-58(51)105(62(36)52)59-25-40(31-103)53(61-54(71(97,98)99)5-2-6-55(61)72(100,101)102)30-60(59)104-56-22-33(37-16-43(65(79,80)81)27-44(17-37)66(82,83)84)7-10-49(56)50-11-8-34(23-57(50)104)38-18-45(67(85,86)87)28-46(19-38)68(88,89)90/h1-2,4-30H,3H2/b36-13-. The molecule has 0 radical (unpaired) electrons. The van der Waals surface area contributed by atoms with Gasteiger partial charge in [0.25, 0.3) is 0 Å². The summed E-state index contributed by atoms with van der Waals surface area (Å²) >= 11 is 0. The lowest BCUT2D eigenvalue weighted by atomic mass is 9.89. The molecule has 2 heterocycles. The number of nitrogens with zero attached hydrogens (tertiary/aromatic N) is 3. The summed E-state index contributed by atoms with van der Waals surface area (Å²) in [6.45, 7) is 0. The van der Waals surface area contributed by atoms with Gasteiger partial charge in [-0.1, -0.05) is 54.6 Å². The number of hydrogen-bond acceptors (Lipinski definition) is 1. The summed E-state index contributed by atoms with van der Waals surface area (Å²) in [7, 11) is 0. The number of alkyl halides is 30. The Morgan fingerprint density at radius 1 is 0.324 bits per heavy atom. The zero-order valence-corrected chi connectivity index (χ0v) is 51.1. The zero-order valence-electron chi connectivity index (χ0n) is 51.1. The quantitative estimate of drug-likeness (QED) is 0.146. The molecule has 0 aliphatic heterocycles. The highest BCUT2D eigenvalue weighted by atomic mass is 19.4. The molecule has 12 rings (SSSR count). The average molecular weight is 1510 g/mol. The Morgan fingerprint density at radius 2 is 0.648 bits per heavy atom. The van der Waals surface area contributed by atoms with Gasteiger partial charge in [0.2, 0.25) is 0 Å². The van der Waals surface area contributed by atoms with Crippen LogP contribution in [0.4, 0.5) is 132 Å². The molecule has 0 fully saturated rings. The highest BCUT2D eigenvalue weighted by molar-refractivity contribution is 6.12. The van der Waals surface area contributed by atoms with Gasteiger partial charge in [0.05, 0.1) is 101 Å². The second-order valence-electron chi connectivity index (χ2n) is 23.8. The van der Waals surface area contributed by atoms with Gasteiger partial charge < -0.3 is 9.13 Å². The van der Waals surface area contributed by atoms with Gasteiger partial charge in [0.1, 0.15) is 0 Å². The molecular weight excluding hydrogens is 1480 g/mol. The molecule has 0 bridgehead atoms. The van der Waals surface area contributed by atoms with Crippen LogP contribution >= 0.6 is 0 Å². The SMILES string of the molecule is N#Cc1cc(-n2c3c(c4ccc(-c5cc(C(F)(F)F)cc(C(F)(F)F)c5)cc42)C=CC/C3=C/c2cc(C(F)(F)F)cc(C(F)(F)F)c2)c(-n2c3cc(-c4cc(C(F)(F)F)cc(C(F)(F)F)c4)ccc3c3ccc(-c4cc(C(F)(F)F)cc(C(F)(F)F)c4)cc32)cc1-c1c(C(F)(F)F)cccc1C(F)(F)F. The van der Waals surface area contributed by atoms with E-state index in [9.17, 15) is 111 Å². The minimum absolute atomic E-state index is 0.0869. The topological polar surface area (TPSA) is 33.6 Å². The largest absolute Gasteiger partial charge is 0.417 e. The molecule has 0 unspecified atom stereocenters. The van der Waals surface area contributed by atoms with Crippen molar-refractivity contribution >= 4 is 50.4 Å². The Balaban J connectivity index is 1.34. The summed E-state index contributed by atoms with van der Waals surface area (Å²) in [6.07, 6.45) is -54.1. The van der Waals surface area contributed by atoms with Crippen LogP contribution in [-0.2, 0) is 61.8 Å². The summed E-state index contributed by atoms with van der Waals surface area (Å²) in [5.74, 6) is 0. The van der Waals surface area contributed by atoms with Gasteiger partial charge in [-0.25, -0.2) is 0 Å². The number of benzene rings is 9. The maximum atomic E-state index is 15.6. The van der Waals surface area contributed by atoms with Gasteiger partial charge in [-0.15, -0.1) is 0 Å². The van der Waals surface area contributed by atoms with E-state index in [4.69, 9.17) is 0 Å². The number of halogens is 30. The molecule has 544 valence electrons. The van der Waals surface area contributed by atoms with Crippen LogP contribution in [0.15, 0.2) is 164 Å². The molecule has 0 spiro atoms. The Labute approximate surface area is 567 Å². The van der Waals surface area contributed by atoms with Gasteiger partial charge >= 0.3 is 61.8 Å². The lowest BCUT2D eigenvalue weighted by molar-refractivity contribution is -0.144. The first-order valence-corrected chi connectivity index (χ1v) is 29.5. The van der Waals surface area contributed by atoms with E-state index in [-0.39, 0.29) is 113 Å². The van der Waals surface area contributed by atoms with E-state index in [1.165, 1.54) is 12.1 Å². The van der Waals surface area contributed by atoms with E-state index < -0.39 is 219 Å². The van der Waals surface area contributed by atoms with Crippen molar-refractivity contribution in [3.63, 3.8) is 0 Å². The fraction of sp³-hybridized carbons (Fsp3) is 0.153. The minimum atomic E-state index is -5.89. The summed E-state index contributed by atoms with van der Waals surface area (Å²) in [4.78, 5) is 0. The van der Waals surface area contributed by atoms with E-state index >= 15 is 26.3 Å². The van der Waals surface area contributed by atoms with Crippen LogP contribution in [0.1, 0.15) is 84.4 Å². The molecule has 0 atom stereocenters. The van der Waals surface area contributed by atoms with Crippen molar-refractivity contribution in [3.8, 4) is 62.0 Å². The Morgan fingerprint density at radius 3 is 0.981 bits per heavy atom. The normalized spacial score (nSPS) is 14.3. The third kappa shape index (κ3) is 14.1. The fourth-order valence-electron chi connectivity index (χ4n) is 12.6. The van der Waals surface area contributed by atoms with E-state index in [1.54, 1.807) is 0 Å². The van der Waals surface area contributed by atoms with Crippen LogP contribution in [-0.4, -0.2) is 9.13 Å². The molecule has 0 saturated heterocycles. The smallest absolute Gasteiger partial charge is 0.307 e. The van der Waals surface area contributed by atoms with Crippen LogP contribution in [0.2, 0.25) is 0 Å². The molecule has 1 aliphatic carbocycles. The van der Waals surface area contributed by atoms with Crippen LogP contribution in [0.3, 0.4) is 0 Å². The lowest BCUT2D eigenvalue weighted by Gasteiger charge is -2.24. The third-order valence-electron chi connectivity index (χ3n) is 17.1. The highest BCUT2D eigenvalue weighted by Gasteiger charge is 2.45. The van der Waals surface area contributed by atoms with E-state index in [2.05, 4.69) is 0 Å². The molecule has 33 heteroatoms. The van der Waals surface area contributed by atoms with E-state index in [1.807, 2.05) is 0 Å². The van der Waals surface area contributed by atoms with Gasteiger partial charge in [0, 0.05) is 32.8 Å². The Kier molecular flexibility index (Phi) is 17.4. The maximum Gasteiger partial charge on any atom is 0.417 e. The van der Waals surface area contributed by atoms with Gasteiger partial charge in [-0.05, 0) is 172 Å². The van der Waals surface area contributed by atoms with Crippen LogP contribution in [0.5, 0.6) is 0 Å². The maximum absolute atomic E-state index is 15.6. The zero-order chi connectivity index (χ0) is 77.0. The minimum Gasteiger partial charge on any atom is -0.307 e. The van der Waals surface area contributed by atoms with Crippen LogP contribution < -0.4 is 0 Å². The molecule has 2 aromatic heterocycles. The third-order valence-corrected chi connectivity index (χ3v) is 17.1. The van der Waals surface area contributed by atoms with Crippen molar-refractivity contribution in [3.05, 3.63) is 242 Å². The van der Waals surface area contributed by atoms with Gasteiger partial charge in [-0.2, -0.15) is 137 Å². The number of hydrogen-bond donors (Lipinski definition) is 0. The Hall–Kier alpha value is -10.8. The number of allylic oxidation sites excluding steroid dienone is 2. The molecule has 0 saturated carbocycles. The average Bonchev–Trinajstić information content (AvgIpc) is 1.57. The van der Waals surface area contributed by atoms with Crippen molar-refractivity contribution in [2.45, 2.75) is 68.2 Å². The first-order valence-electron chi connectivity index (χ1n) is 29.5. The second-order valence-corrected chi connectivity index (χ2v) is 23.8. The molecular formula is C72H31F30N3. The van der Waals surface area contributed by atoms with Crippen LogP contribution in [0, 0.1) is 11.3 Å². The summed E-state index contributed by atoms with van der Waals surface area (Å²) in [5, 5.41) is 10.2. The predicted molar refractivity (Wildman–Crippen MR) is 322 cm³/mol. The molecule has 9 aromatic carbocycles. The van der Waals surface area contributed by atoms with Gasteiger partial charge in [-0.3, -0.25) is 0 Å². The molecule has 3 nitrogen and oxygen atoms in total. The molecule has 0 amide bonds. The van der Waals surface area contributed by atoms with Crippen molar-refractivity contribution in [2.24, 2.45) is 0 Å². The highest BCUT2D eigenvalue weighted by Crippen LogP contribution is 2.52. The predicted octanol–water partition coefficient (Wildman–Crippen LogP) is 26.4. The van der Waals surface area contributed by atoms with E-state index in [0.29, 0.717) is 22.8 Å². The molecule has 1 aliphatic rings. The van der Waals surface area contributed by atoms with Crippen molar-refractivity contribution in [2.75, 3.05) is 0 Å².